The number of nitrogens with one attached hydrogen (secondary N) is 1. The van der Waals surface area contributed by atoms with Crippen LogP contribution in [0.1, 0.15) is 43.0 Å². The number of carbonyl (C=O) groups is 1. The molecule has 2 N–H and O–H groups in total. The van der Waals surface area contributed by atoms with E-state index in [1.807, 2.05) is 0 Å². The third kappa shape index (κ3) is 4.03. The van der Waals surface area contributed by atoms with Crippen molar-refractivity contribution in [3.05, 3.63) is 19.2 Å². The minimum Gasteiger partial charge on any atom is -0.388 e. The Morgan fingerprint density at radius 2 is 2.16 bits per heavy atom. The molecule has 0 radical (unpaired) electrons. The molecular formula is C13H17Br2NO2S. The summed E-state index contributed by atoms with van der Waals surface area (Å²) in [6.07, 6.45) is 3.59. The maximum atomic E-state index is 12.1. The van der Waals surface area contributed by atoms with Crippen molar-refractivity contribution in [3.8, 4) is 0 Å². The first-order valence-corrected chi connectivity index (χ1v) is 8.75. The maximum absolute atomic E-state index is 12.1. The lowest BCUT2D eigenvalue weighted by atomic mass is 9.79. The van der Waals surface area contributed by atoms with Gasteiger partial charge < -0.3 is 10.4 Å². The van der Waals surface area contributed by atoms with E-state index in [0.29, 0.717) is 18.0 Å². The highest BCUT2D eigenvalue weighted by Gasteiger charge is 2.32. The van der Waals surface area contributed by atoms with Crippen LogP contribution in [0.2, 0.25) is 0 Å². The molecule has 0 unspecified atom stereocenters. The van der Waals surface area contributed by atoms with Gasteiger partial charge in [-0.3, -0.25) is 4.79 Å². The summed E-state index contributed by atoms with van der Waals surface area (Å²) in [7, 11) is 0. The van der Waals surface area contributed by atoms with Crippen LogP contribution in [-0.4, -0.2) is 23.2 Å². The molecule has 1 heterocycles. The van der Waals surface area contributed by atoms with Gasteiger partial charge in [0.15, 0.2) is 0 Å². The smallest absolute Gasteiger partial charge is 0.253 e. The Bertz CT molecular complexity index is 467. The van der Waals surface area contributed by atoms with Crippen molar-refractivity contribution in [2.45, 2.75) is 38.2 Å². The number of amides is 1. The molecule has 19 heavy (non-hydrogen) atoms. The minimum absolute atomic E-state index is 0.138. The van der Waals surface area contributed by atoms with Gasteiger partial charge in [0.25, 0.3) is 5.91 Å². The molecule has 0 atom stereocenters. The Morgan fingerprint density at radius 1 is 1.53 bits per heavy atom. The van der Waals surface area contributed by atoms with E-state index >= 15 is 0 Å². The predicted octanol–water partition coefficient (Wildman–Crippen LogP) is 3.94. The van der Waals surface area contributed by atoms with Gasteiger partial charge in [-0.05, 0) is 69.5 Å². The molecule has 1 amide bonds. The Morgan fingerprint density at radius 3 is 2.68 bits per heavy atom. The van der Waals surface area contributed by atoms with Crippen molar-refractivity contribution in [1.82, 2.24) is 5.32 Å². The fraction of sp³-hybridized carbons (Fsp3) is 0.615. The van der Waals surface area contributed by atoms with Crippen LogP contribution in [-0.2, 0) is 0 Å². The summed E-state index contributed by atoms with van der Waals surface area (Å²) in [5, 5.41) is 13.3. The molecule has 1 aliphatic rings. The second-order valence-corrected chi connectivity index (χ2v) is 9.08. The maximum Gasteiger partial charge on any atom is 0.253 e. The zero-order valence-corrected chi connectivity index (χ0v) is 14.7. The average molecular weight is 411 g/mol. The molecule has 3 nitrogen and oxygen atoms in total. The summed E-state index contributed by atoms with van der Waals surface area (Å²) in [6, 6.07) is 1.79. The SMILES string of the molecule is CC1CCC(O)(CNC(=O)c2cc(Br)sc2Br)CC1. The van der Waals surface area contributed by atoms with E-state index in [9.17, 15) is 9.90 Å². The molecule has 0 aliphatic heterocycles. The number of aliphatic hydroxyl groups is 1. The van der Waals surface area contributed by atoms with Crippen molar-refractivity contribution in [2.24, 2.45) is 5.92 Å². The van der Waals surface area contributed by atoms with Crippen LogP contribution in [0, 0.1) is 5.92 Å². The molecule has 0 spiro atoms. The van der Waals surface area contributed by atoms with E-state index in [0.717, 1.165) is 33.3 Å². The fourth-order valence-electron chi connectivity index (χ4n) is 2.31. The molecular weight excluding hydrogens is 394 g/mol. The van der Waals surface area contributed by atoms with Crippen LogP contribution in [0.25, 0.3) is 0 Å². The van der Waals surface area contributed by atoms with Gasteiger partial charge in [0.05, 0.1) is 18.7 Å². The molecule has 1 fully saturated rings. The van der Waals surface area contributed by atoms with Gasteiger partial charge in [0.1, 0.15) is 0 Å². The molecule has 1 aliphatic carbocycles. The third-order valence-electron chi connectivity index (χ3n) is 3.68. The van der Waals surface area contributed by atoms with Gasteiger partial charge >= 0.3 is 0 Å². The highest BCUT2D eigenvalue weighted by Crippen LogP contribution is 2.33. The summed E-state index contributed by atoms with van der Waals surface area (Å²) in [4.78, 5) is 12.1. The first-order chi connectivity index (χ1) is 8.89. The van der Waals surface area contributed by atoms with E-state index in [2.05, 4.69) is 44.1 Å². The standard InChI is InChI=1S/C13H17Br2NO2S/c1-8-2-4-13(18,5-3-8)7-16-12(17)9-6-10(14)19-11(9)15/h6,8,18H,2-5,7H2,1H3,(H,16,17). The highest BCUT2D eigenvalue weighted by atomic mass is 79.9. The van der Waals surface area contributed by atoms with E-state index in [-0.39, 0.29) is 5.91 Å². The van der Waals surface area contributed by atoms with Crippen molar-refractivity contribution in [1.29, 1.82) is 0 Å². The van der Waals surface area contributed by atoms with Gasteiger partial charge in [-0.25, -0.2) is 0 Å². The number of carbonyl (C=O) groups excluding carboxylic acids is 1. The normalized spacial score (nSPS) is 27.3. The highest BCUT2D eigenvalue weighted by molar-refractivity contribution is 9.12. The second kappa shape index (κ2) is 6.24. The summed E-state index contributed by atoms with van der Waals surface area (Å²) < 4.78 is 1.72. The molecule has 0 bridgehead atoms. The molecule has 1 aromatic heterocycles. The van der Waals surface area contributed by atoms with Crippen LogP contribution in [0.5, 0.6) is 0 Å². The molecule has 0 saturated heterocycles. The summed E-state index contributed by atoms with van der Waals surface area (Å²) in [6.45, 7) is 2.54. The molecule has 1 saturated carbocycles. The Kier molecular flexibility index (Phi) is 5.09. The second-order valence-electron chi connectivity index (χ2n) is 5.33. The van der Waals surface area contributed by atoms with E-state index in [4.69, 9.17) is 0 Å². The van der Waals surface area contributed by atoms with Gasteiger partial charge in [-0.15, -0.1) is 11.3 Å². The zero-order chi connectivity index (χ0) is 14.0. The number of hydrogen-bond acceptors (Lipinski definition) is 3. The van der Waals surface area contributed by atoms with Crippen molar-refractivity contribution >= 4 is 49.1 Å². The van der Waals surface area contributed by atoms with Crippen molar-refractivity contribution in [2.75, 3.05) is 6.54 Å². The topological polar surface area (TPSA) is 49.3 Å². The number of thiophene rings is 1. The van der Waals surface area contributed by atoms with Crippen molar-refractivity contribution in [3.63, 3.8) is 0 Å². The Balaban J connectivity index is 1.92. The Hall–Kier alpha value is 0.0900. The largest absolute Gasteiger partial charge is 0.388 e. The first kappa shape index (κ1) is 15.5. The quantitative estimate of drug-likeness (QED) is 0.792. The molecule has 1 aromatic rings. The predicted molar refractivity (Wildman–Crippen MR) is 84.6 cm³/mol. The number of halogens is 2. The summed E-state index contributed by atoms with van der Waals surface area (Å²) >= 11 is 8.19. The van der Waals surface area contributed by atoms with Gasteiger partial charge in [-0.2, -0.15) is 0 Å². The third-order valence-corrected chi connectivity index (χ3v) is 6.02. The summed E-state index contributed by atoms with van der Waals surface area (Å²) in [5.74, 6) is 0.541. The summed E-state index contributed by atoms with van der Waals surface area (Å²) in [5.41, 5.74) is -0.119. The number of hydrogen-bond donors (Lipinski definition) is 2. The lowest BCUT2D eigenvalue weighted by molar-refractivity contribution is -0.00540. The van der Waals surface area contributed by atoms with Crippen LogP contribution in [0.3, 0.4) is 0 Å². The first-order valence-electron chi connectivity index (χ1n) is 6.35. The molecule has 6 heteroatoms. The monoisotopic (exact) mass is 409 g/mol. The van der Waals surface area contributed by atoms with Crippen LogP contribution >= 0.6 is 43.2 Å². The van der Waals surface area contributed by atoms with Crippen LogP contribution in [0.4, 0.5) is 0 Å². The minimum atomic E-state index is -0.734. The fourth-order valence-corrected chi connectivity index (χ4v) is 5.10. The van der Waals surface area contributed by atoms with Crippen molar-refractivity contribution < 1.29 is 9.90 Å². The van der Waals surface area contributed by atoms with Gasteiger partial charge in [0.2, 0.25) is 0 Å². The average Bonchev–Trinajstić information content (AvgIpc) is 2.70. The lowest BCUT2D eigenvalue weighted by Gasteiger charge is -2.34. The van der Waals surface area contributed by atoms with Crippen LogP contribution < -0.4 is 5.32 Å². The van der Waals surface area contributed by atoms with E-state index in [1.54, 1.807) is 6.07 Å². The molecule has 106 valence electrons. The lowest BCUT2D eigenvalue weighted by Crippen LogP contribution is -2.45. The van der Waals surface area contributed by atoms with Gasteiger partial charge in [-0.1, -0.05) is 6.92 Å². The molecule has 0 aromatic carbocycles. The Labute approximate surface area is 134 Å². The zero-order valence-electron chi connectivity index (χ0n) is 10.7. The van der Waals surface area contributed by atoms with Crippen LogP contribution in [0.15, 0.2) is 13.6 Å². The van der Waals surface area contributed by atoms with E-state index < -0.39 is 5.60 Å². The van der Waals surface area contributed by atoms with E-state index in [1.165, 1.54) is 11.3 Å². The molecule has 2 rings (SSSR count). The number of rotatable bonds is 3. The van der Waals surface area contributed by atoms with Gasteiger partial charge in [0, 0.05) is 6.54 Å².